The maximum absolute atomic E-state index is 13.8. The first-order valence-electron chi connectivity index (χ1n) is 19.5. The predicted octanol–water partition coefficient (Wildman–Crippen LogP) is 5.20. The molecule has 3 fully saturated rings. The van der Waals surface area contributed by atoms with E-state index in [1.807, 2.05) is 49.9 Å². The van der Waals surface area contributed by atoms with Gasteiger partial charge in [-0.2, -0.15) is 4.98 Å². The van der Waals surface area contributed by atoms with E-state index in [-0.39, 0.29) is 48.5 Å². The quantitative estimate of drug-likeness (QED) is 0.0919. The first-order chi connectivity index (χ1) is 27.1. The fourth-order valence-corrected chi connectivity index (χ4v) is 7.90. The standard InChI is InChI=1S/C40H50N12O4/c1-22(2)32(46-39-48-38(41)49-50-39)36(53)51-17-5-7-30(51)34-42-19-28(44-34)26-13-9-24(10-14-26)25-11-15-27(16-12-25)29-20-43-35(45-29)31-8-6-18-52(31)37(54)33(23(3)4)47-40-55-21-56-40/h9-16,19-20,22-23,30-33,40,47H,5-8,17-18,21H2,1-4H3,(H,42,44)(H,43,45)(H4,41,46,48,49,50)/t30-,31-,32-,33-/m0/s1. The molecule has 5 aromatic rings. The van der Waals surface area contributed by atoms with Crippen molar-refractivity contribution in [2.24, 2.45) is 11.8 Å². The van der Waals surface area contributed by atoms with Crippen LogP contribution in [-0.4, -0.2) is 95.1 Å². The van der Waals surface area contributed by atoms with Crippen LogP contribution in [0.3, 0.4) is 0 Å². The lowest BCUT2D eigenvalue weighted by Crippen LogP contribution is -2.56. The van der Waals surface area contributed by atoms with E-state index in [1.54, 1.807) is 0 Å². The van der Waals surface area contributed by atoms with Crippen LogP contribution in [0.2, 0.25) is 0 Å². The number of aromatic nitrogens is 7. The lowest BCUT2D eigenvalue weighted by molar-refractivity contribution is -0.335. The Hall–Kier alpha value is -5.58. The Morgan fingerprint density at radius 1 is 0.750 bits per heavy atom. The minimum atomic E-state index is -0.540. The average Bonchev–Trinajstić information content (AvgIpc) is 4.03. The first-order valence-corrected chi connectivity index (χ1v) is 19.5. The van der Waals surface area contributed by atoms with E-state index in [4.69, 9.17) is 25.2 Å². The monoisotopic (exact) mass is 762 g/mol. The van der Waals surface area contributed by atoms with Crippen LogP contribution in [0.25, 0.3) is 33.6 Å². The highest BCUT2D eigenvalue weighted by molar-refractivity contribution is 5.85. The molecule has 2 amide bonds. The molecule has 56 heavy (non-hydrogen) atoms. The Labute approximate surface area is 325 Å². The van der Waals surface area contributed by atoms with E-state index in [0.717, 1.165) is 71.0 Å². The number of nitrogens with zero attached hydrogens (tertiary/aromatic N) is 6. The number of ether oxygens (including phenoxy) is 2. The molecule has 3 aromatic heterocycles. The largest absolute Gasteiger partial charge is 0.368 e. The Morgan fingerprint density at radius 3 is 1.66 bits per heavy atom. The molecule has 294 valence electrons. The average molecular weight is 763 g/mol. The summed E-state index contributed by atoms with van der Waals surface area (Å²) in [6, 6.07) is 15.6. The molecule has 0 radical (unpaired) electrons. The fourth-order valence-electron chi connectivity index (χ4n) is 7.90. The van der Waals surface area contributed by atoms with Crippen molar-refractivity contribution in [1.29, 1.82) is 0 Å². The maximum Gasteiger partial charge on any atom is 0.246 e. The van der Waals surface area contributed by atoms with Gasteiger partial charge in [-0.3, -0.25) is 14.9 Å². The number of rotatable bonds is 13. The second-order valence-electron chi connectivity index (χ2n) is 15.5. The van der Waals surface area contributed by atoms with Crippen molar-refractivity contribution < 1.29 is 19.1 Å². The number of aromatic amines is 3. The molecule has 4 atom stereocenters. The van der Waals surface area contributed by atoms with Crippen LogP contribution >= 0.6 is 0 Å². The number of nitrogen functional groups attached to an aromatic ring is 1. The summed E-state index contributed by atoms with van der Waals surface area (Å²) in [7, 11) is 0. The van der Waals surface area contributed by atoms with Gasteiger partial charge in [0.1, 0.15) is 17.7 Å². The Kier molecular flexibility index (Phi) is 10.6. The number of carbonyl (C=O) groups excluding carboxylic acids is 2. The van der Waals surface area contributed by atoms with Crippen molar-refractivity contribution in [3.05, 3.63) is 72.6 Å². The normalized spacial score (nSPS) is 19.8. The molecule has 0 spiro atoms. The highest BCUT2D eigenvalue weighted by atomic mass is 16.9. The number of imidazole rings is 2. The molecule has 16 nitrogen and oxygen atoms in total. The van der Waals surface area contributed by atoms with Gasteiger partial charge in [-0.1, -0.05) is 76.2 Å². The minimum Gasteiger partial charge on any atom is -0.368 e. The van der Waals surface area contributed by atoms with E-state index in [2.05, 4.69) is 84.3 Å². The van der Waals surface area contributed by atoms with Gasteiger partial charge in [-0.15, -0.1) is 5.10 Å². The van der Waals surface area contributed by atoms with Crippen LogP contribution in [0.15, 0.2) is 60.9 Å². The number of anilines is 2. The number of hydrogen-bond donors (Lipinski definition) is 6. The van der Waals surface area contributed by atoms with Crippen molar-refractivity contribution in [3.8, 4) is 33.6 Å². The number of nitrogens with one attached hydrogen (secondary N) is 5. The Morgan fingerprint density at radius 2 is 1.23 bits per heavy atom. The molecule has 2 aromatic carbocycles. The predicted molar refractivity (Wildman–Crippen MR) is 210 cm³/mol. The van der Waals surface area contributed by atoms with Crippen molar-refractivity contribution >= 4 is 23.7 Å². The Bertz CT molecular complexity index is 2120. The van der Waals surface area contributed by atoms with Gasteiger partial charge in [-0.05, 0) is 59.8 Å². The molecular weight excluding hydrogens is 713 g/mol. The van der Waals surface area contributed by atoms with Crippen LogP contribution in [0.5, 0.6) is 0 Å². The lowest BCUT2D eigenvalue weighted by Gasteiger charge is -2.35. The van der Waals surface area contributed by atoms with Gasteiger partial charge in [-0.25, -0.2) is 15.1 Å². The summed E-state index contributed by atoms with van der Waals surface area (Å²) in [6.07, 6.45) is 6.64. The zero-order valence-electron chi connectivity index (χ0n) is 32.2. The molecule has 16 heteroatoms. The topological polar surface area (TPSA) is 208 Å². The fraction of sp³-hybridized carbons (Fsp3) is 0.450. The second-order valence-corrected chi connectivity index (χ2v) is 15.5. The summed E-state index contributed by atoms with van der Waals surface area (Å²) in [5, 5.41) is 13.0. The number of carbonyl (C=O) groups is 2. The first kappa shape index (κ1) is 37.3. The van der Waals surface area contributed by atoms with Gasteiger partial charge in [0.15, 0.2) is 6.79 Å². The molecule has 8 rings (SSSR count). The second kappa shape index (κ2) is 15.9. The van der Waals surface area contributed by atoms with Crippen molar-refractivity contribution in [3.63, 3.8) is 0 Å². The third kappa shape index (κ3) is 7.63. The summed E-state index contributed by atoms with van der Waals surface area (Å²) < 4.78 is 10.7. The molecule has 0 bridgehead atoms. The van der Waals surface area contributed by atoms with E-state index < -0.39 is 18.5 Å². The molecule has 0 saturated carbocycles. The Balaban J connectivity index is 0.908. The zero-order chi connectivity index (χ0) is 38.9. The molecule has 7 N–H and O–H groups in total. The summed E-state index contributed by atoms with van der Waals surface area (Å²) in [5.74, 6) is 2.17. The highest BCUT2D eigenvalue weighted by Gasteiger charge is 2.39. The third-order valence-electron chi connectivity index (χ3n) is 11.0. The molecule has 0 aliphatic carbocycles. The number of hydrogen-bond acceptors (Lipinski definition) is 11. The van der Waals surface area contributed by atoms with Crippen molar-refractivity contribution in [1.82, 2.24) is 50.2 Å². The summed E-state index contributed by atoms with van der Waals surface area (Å²) in [4.78, 5) is 51.9. The minimum absolute atomic E-state index is 0.00470. The van der Waals surface area contributed by atoms with E-state index >= 15 is 0 Å². The maximum atomic E-state index is 13.8. The van der Waals surface area contributed by atoms with Gasteiger partial charge in [0, 0.05) is 13.1 Å². The zero-order valence-corrected chi connectivity index (χ0v) is 32.2. The van der Waals surface area contributed by atoms with Gasteiger partial charge in [0.25, 0.3) is 0 Å². The summed E-state index contributed by atoms with van der Waals surface area (Å²) in [6.45, 7) is 9.62. The molecule has 3 aliphatic heterocycles. The van der Waals surface area contributed by atoms with Crippen LogP contribution < -0.4 is 16.4 Å². The molecule has 3 aliphatic rings. The SMILES string of the molecule is CC(C)[C@H](Nc1n[nH]c(N)n1)C(=O)N1CCC[C@H]1c1ncc(-c2ccc(-c3ccc(-c4cnc([C@@H]5CCCN5C(=O)[C@@H](NC5OCO5)C(C)C)[nH]4)cc3)cc2)[nH]1. The molecule has 3 saturated heterocycles. The highest BCUT2D eigenvalue weighted by Crippen LogP contribution is 2.35. The lowest BCUT2D eigenvalue weighted by atomic mass is 10.0. The summed E-state index contributed by atoms with van der Waals surface area (Å²) >= 11 is 0. The van der Waals surface area contributed by atoms with Gasteiger partial charge in [0.2, 0.25) is 30.1 Å². The van der Waals surface area contributed by atoms with Crippen LogP contribution in [0.4, 0.5) is 11.9 Å². The number of likely N-dealkylation sites (tertiary alicyclic amines) is 2. The number of nitrogens with two attached hydrogens (primary N) is 1. The van der Waals surface area contributed by atoms with Crippen LogP contribution in [-0.2, 0) is 19.1 Å². The van der Waals surface area contributed by atoms with Crippen molar-refractivity contribution in [2.75, 3.05) is 30.9 Å². The molecular formula is C40H50N12O4. The van der Waals surface area contributed by atoms with Crippen LogP contribution in [0.1, 0.15) is 77.1 Å². The number of benzene rings is 2. The number of amides is 2. The summed E-state index contributed by atoms with van der Waals surface area (Å²) in [5.41, 5.74) is 11.7. The van der Waals surface area contributed by atoms with Gasteiger partial charge >= 0.3 is 0 Å². The number of H-pyrrole nitrogens is 3. The van der Waals surface area contributed by atoms with E-state index in [1.165, 1.54) is 0 Å². The molecule has 6 heterocycles. The van der Waals surface area contributed by atoms with Crippen molar-refractivity contribution in [2.45, 2.75) is 84.0 Å². The van der Waals surface area contributed by atoms with E-state index in [0.29, 0.717) is 19.0 Å². The van der Waals surface area contributed by atoms with Gasteiger partial charge < -0.3 is 40.3 Å². The van der Waals surface area contributed by atoms with E-state index in [9.17, 15) is 9.59 Å². The molecule has 0 unspecified atom stereocenters. The smallest absolute Gasteiger partial charge is 0.246 e. The van der Waals surface area contributed by atoms with Gasteiger partial charge in [0.05, 0.1) is 41.9 Å². The van der Waals surface area contributed by atoms with Crippen LogP contribution in [0, 0.1) is 11.8 Å². The third-order valence-corrected chi connectivity index (χ3v) is 11.0.